The standard InChI is InChI=1S/C16H23N3O.CH4/c1-16(2,3)18-10-8-12(9-11-18)19-14-7-5-4-6-13(14)17-15(19)20;/h4-7,12H,8-11H2,1-3H3,(H,17,20);1H4. The Bertz CT molecular complexity index is 654. The van der Waals surface area contributed by atoms with Crippen LogP contribution in [0.5, 0.6) is 0 Å². The third-order valence-electron chi connectivity index (χ3n) is 4.40. The molecule has 0 amide bonds. The maximum absolute atomic E-state index is 12.2. The summed E-state index contributed by atoms with van der Waals surface area (Å²) in [4.78, 5) is 17.7. The molecule has 1 N–H and O–H groups in total. The number of H-pyrrole nitrogens is 1. The number of imidazole rings is 1. The number of hydrogen-bond acceptors (Lipinski definition) is 2. The van der Waals surface area contributed by atoms with Crippen LogP contribution in [0.4, 0.5) is 0 Å². The van der Waals surface area contributed by atoms with E-state index in [1.807, 2.05) is 28.8 Å². The highest BCUT2D eigenvalue weighted by Crippen LogP contribution is 2.28. The molecule has 1 aromatic carbocycles. The van der Waals surface area contributed by atoms with E-state index in [4.69, 9.17) is 0 Å². The van der Waals surface area contributed by atoms with Crippen molar-refractivity contribution in [3.63, 3.8) is 0 Å². The van der Waals surface area contributed by atoms with E-state index in [2.05, 4.69) is 30.7 Å². The Hall–Kier alpha value is -1.55. The molecule has 1 aliphatic rings. The summed E-state index contributed by atoms with van der Waals surface area (Å²) in [5, 5.41) is 0. The summed E-state index contributed by atoms with van der Waals surface area (Å²) in [6.07, 6.45) is 2.08. The topological polar surface area (TPSA) is 41.0 Å². The molecule has 0 atom stereocenters. The molecule has 0 saturated carbocycles. The van der Waals surface area contributed by atoms with E-state index in [0.717, 1.165) is 37.0 Å². The molecule has 1 aliphatic heterocycles. The largest absolute Gasteiger partial charge is 0.326 e. The average molecular weight is 289 g/mol. The van der Waals surface area contributed by atoms with Gasteiger partial charge < -0.3 is 4.98 Å². The fourth-order valence-corrected chi connectivity index (χ4v) is 3.23. The van der Waals surface area contributed by atoms with Gasteiger partial charge in [0.15, 0.2) is 0 Å². The van der Waals surface area contributed by atoms with Crippen LogP contribution in [-0.2, 0) is 0 Å². The molecule has 0 spiro atoms. The minimum atomic E-state index is 0. The van der Waals surface area contributed by atoms with E-state index in [1.165, 1.54) is 0 Å². The van der Waals surface area contributed by atoms with Gasteiger partial charge in [-0.05, 0) is 45.7 Å². The summed E-state index contributed by atoms with van der Waals surface area (Å²) < 4.78 is 1.95. The smallest absolute Gasteiger partial charge is 0.306 e. The van der Waals surface area contributed by atoms with Gasteiger partial charge >= 0.3 is 5.69 Å². The minimum absolute atomic E-state index is 0. The van der Waals surface area contributed by atoms with Gasteiger partial charge in [0.1, 0.15) is 0 Å². The number of likely N-dealkylation sites (tertiary alicyclic amines) is 1. The fourth-order valence-electron chi connectivity index (χ4n) is 3.23. The lowest BCUT2D eigenvalue weighted by Crippen LogP contribution is -2.47. The maximum Gasteiger partial charge on any atom is 0.326 e. The number of aromatic amines is 1. The average Bonchev–Trinajstić information content (AvgIpc) is 2.73. The van der Waals surface area contributed by atoms with Crippen molar-refractivity contribution in [3.05, 3.63) is 34.7 Å². The van der Waals surface area contributed by atoms with Crippen molar-refractivity contribution in [2.75, 3.05) is 13.1 Å². The number of aromatic nitrogens is 2. The van der Waals surface area contributed by atoms with Crippen LogP contribution in [0.2, 0.25) is 0 Å². The van der Waals surface area contributed by atoms with E-state index in [9.17, 15) is 4.79 Å². The SMILES string of the molecule is C.CC(C)(C)N1CCC(n2c(=O)[nH]c3ccccc32)CC1. The molecule has 1 fully saturated rings. The Balaban J connectivity index is 0.00000161. The third kappa shape index (κ3) is 2.91. The molecule has 0 radical (unpaired) electrons. The predicted octanol–water partition coefficient (Wildman–Crippen LogP) is 3.40. The van der Waals surface area contributed by atoms with E-state index >= 15 is 0 Å². The first-order chi connectivity index (χ1) is 9.47. The summed E-state index contributed by atoms with van der Waals surface area (Å²) in [7, 11) is 0. The minimum Gasteiger partial charge on any atom is -0.306 e. The van der Waals surface area contributed by atoms with Crippen LogP contribution in [0.15, 0.2) is 29.1 Å². The summed E-state index contributed by atoms with van der Waals surface area (Å²) in [6, 6.07) is 8.28. The molecule has 21 heavy (non-hydrogen) atoms. The number of nitrogens with one attached hydrogen (secondary N) is 1. The van der Waals surface area contributed by atoms with Gasteiger partial charge in [0.25, 0.3) is 0 Å². The van der Waals surface area contributed by atoms with Gasteiger partial charge in [0, 0.05) is 24.7 Å². The Morgan fingerprint density at radius 1 is 1.14 bits per heavy atom. The number of piperidine rings is 1. The first-order valence-corrected chi connectivity index (χ1v) is 7.41. The zero-order valence-electron chi connectivity index (χ0n) is 12.5. The van der Waals surface area contributed by atoms with Gasteiger partial charge in [-0.25, -0.2) is 4.79 Å². The van der Waals surface area contributed by atoms with Gasteiger partial charge in [-0.3, -0.25) is 9.47 Å². The van der Waals surface area contributed by atoms with E-state index in [-0.39, 0.29) is 18.7 Å². The molecule has 2 aromatic rings. The first kappa shape index (κ1) is 15.8. The highest BCUT2D eigenvalue weighted by Gasteiger charge is 2.28. The van der Waals surface area contributed by atoms with Gasteiger partial charge in [-0.2, -0.15) is 0 Å². The summed E-state index contributed by atoms with van der Waals surface area (Å²) in [5.41, 5.74) is 2.22. The molecular formula is C17H27N3O. The van der Waals surface area contributed by atoms with Crippen LogP contribution in [-0.4, -0.2) is 33.1 Å². The predicted molar refractivity (Wildman–Crippen MR) is 88.9 cm³/mol. The van der Waals surface area contributed by atoms with Crippen molar-refractivity contribution >= 4 is 11.0 Å². The number of para-hydroxylation sites is 2. The molecule has 0 bridgehead atoms. The Morgan fingerprint density at radius 3 is 2.38 bits per heavy atom. The van der Waals surface area contributed by atoms with Crippen molar-refractivity contribution in [2.45, 2.75) is 52.6 Å². The van der Waals surface area contributed by atoms with Crippen molar-refractivity contribution in [1.29, 1.82) is 0 Å². The van der Waals surface area contributed by atoms with Crippen LogP contribution < -0.4 is 5.69 Å². The van der Waals surface area contributed by atoms with Gasteiger partial charge in [-0.15, -0.1) is 0 Å². The van der Waals surface area contributed by atoms with Gasteiger partial charge in [0.2, 0.25) is 0 Å². The van der Waals surface area contributed by atoms with Crippen LogP contribution in [0.1, 0.15) is 47.1 Å². The van der Waals surface area contributed by atoms with E-state index < -0.39 is 0 Å². The highest BCUT2D eigenvalue weighted by molar-refractivity contribution is 5.75. The number of hydrogen-bond donors (Lipinski definition) is 1. The summed E-state index contributed by atoms with van der Waals surface area (Å²) in [5.74, 6) is 0. The van der Waals surface area contributed by atoms with E-state index in [0.29, 0.717) is 6.04 Å². The quantitative estimate of drug-likeness (QED) is 0.874. The second-order valence-corrected chi connectivity index (χ2v) is 6.71. The fraction of sp³-hybridized carbons (Fsp3) is 0.588. The molecular weight excluding hydrogens is 262 g/mol. The summed E-state index contributed by atoms with van der Waals surface area (Å²) in [6.45, 7) is 8.88. The number of benzene rings is 1. The lowest BCUT2D eigenvalue weighted by atomic mass is 9.98. The van der Waals surface area contributed by atoms with Crippen LogP contribution >= 0.6 is 0 Å². The Kier molecular flexibility index (Phi) is 4.28. The van der Waals surface area contributed by atoms with Crippen molar-refractivity contribution in [2.24, 2.45) is 0 Å². The van der Waals surface area contributed by atoms with Crippen LogP contribution in [0, 0.1) is 0 Å². The molecule has 1 saturated heterocycles. The number of nitrogens with zero attached hydrogens (tertiary/aromatic N) is 2. The Labute approximate surface area is 126 Å². The number of fused-ring (bicyclic) bond motifs is 1. The lowest BCUT2D eigenvalue weighted by molar-refractivity contribution is 0.0900. The molecule has 1 aromatic heterocycles. The normalized spacial score (nSPS) is 17.9. The molecule has 116 valence electrons. The van der Waals surface area contributed by atoms with Crippen molar-refractivity contribution in [1.82, 2.24) is 14.5 Å². The first-order valence-electron chi connectivity index (χ1n) is 7.41. The van der Waals surface area contributed by atoms with E-state index in [1.54, 1.807) is 0 Å². The summed E-state index contributed by atoms with van der Waals surface area (Å²) >= 11 is 0. The lowest BCUT2D eigenvalue weighted by Gasteiger charge is -2.41. The van der Waals surface area contributed by atoms with Gasteiger partial charge in [-0.1, -0.05) is 19.6 Å². The second kappa shape index (κ2) is 5.68. The van der Waals surface area contributed by atoms with Crippen molar-refractivity contribution in [3.8, 4) is 0 Å². The maximum atomic E-state index is 12.2. The molecule has 4 nitrogen and oxygen atoms in total. The zero-order chi connectivity index (χ0) is 14.3. The zero-order valence-corrected chi connectivity index (χ0v) is 12.5. The Morgan fingerprint density at radius 2 is 1.76 bits per heavy atom. The molecule has 2 heterocycles. The van der Waals surface area contributed by atoms with Gasteiger partial charge in [0.05, 0.1) is 11.0 Å². The third-order valence-corrected chi connectivity index (χ3v) is 4.40. The van der Waals surface area contributed by atoms with Crippen LogP contribution in [0.25, 0.3) is 11.0 Å². The molecule has 0 unspecified atom stereocenters. The molecule has 3 rings (SSSR count). The van der Waals surface area contributed by atoms with Crippen LogP contribution in [0.3, 0.4) is 0 Å². The highest BCUT2D eigenvalue weighted by atomic mass is 16.1. The molecule has 4 heteroatoms. The van der Waals surface area contributed by atoms with Crippen molar-refractivity contribution < 1.29 is 0 Å². The number of rotatable bonds is 1. The second-order valence-electron chi connectivity index (χ2n) is 6.71. The monoisotopic (exact) mass is 289 g/mol. The molecule has 0 aliphatic carbocycles.